The summed E-state index contributed by atoms with van der Waals surface area (Å²) in [5.74, 6) is 0.551. The van der Waals surface area contributed by atoms with Crippen LogP contribution in [0.3, 0.4) is 0 Å². The largest absolute Gasteiger partial charge is 0.179 e. The van der Waals surface area contributed by atoms with Gasteiger partial charge in [0.15, 0.2) is 0 Å². The Morgan fingerprint density at radius 3 is 2.06 bits per heavy atom. The molecule has 0 spiro atoms. The van der Waals surface area contributed by atoms with Crippen LogP contribution in [0.2, 0.25) is 0 Å². The molecule has 1 atom stereocenters. The molecule has 0 amide bonds. The number of hydrogen-bond donors (Lipinski definition) is 0. The molecule has 33 heavy (non-hydrogen) atoms. The first-order chi connectivity index (χ1) is 15.8. The van der Waals surface area contributed by atoms with Gasteiger partial charge in [0.1, 0.15) is 0 Å². The summed E-state index contributed by atoms with van der Waals surface area (Å²) >= 11 is 1.30. The van der Waals surface area contributed by atoms with E-state index in [1.807, 2.05) is 6.07 Å². The Morgan fingerprint density at radius 2 is 1.55 bits per heavy atom. The Morgan fingerprint density at radius 1 is 0.909 bits per heavy atom. The van der Waals surface area contributed by atoms with Crippen LogP contribution in [0, 0.1) is 24.1 Å². The van der Waals surface area contributed by atoms with E-state index in [-0.39, 0.29) is 0 Å². The minimum Gasteiger partial charge on any atom is -0.179 e. The summed E-state index contributed by atoms with van der Waals surface area (Å²) in [5, 5.41) is 0. The standard InChI is InChI=1S/C13H9.C8H11.C7H4F3.CH2.Zr/c1-3-7-12-10(5-1)9-11-6-2-4-8-13(11)12;1-6-4-7(2)8(3)5-6;8-7(9,10)6-4-2-1-3-5-6;;/h1-5,7-8H,9H2;4,6H,1-3H3;2-5H;1H2;/q3*-1;;. The van der Waals surface area contributed by atoms with Gasteiger partial charge in [0.25, 0.3) is 0 Å². The molecular weight excluding hydrogens is 497 g/mol. The first kappa shape index (κ1) is 26.9. The van der Waals surface area contributed by atoms with Gasteiger partial charge >= 0.3 is 34.6 Å². The predicted octanol–water partition coefficient (Wildman–Crippen LogP) is 7.86. The van der Waals surface area contributed by atoms with E-state index in [0.717, 1.165) is 18.6 Å². The van der Waals surface area contributed by atoms with E-state index in [0.29, 0.717) is 5.92 Å². The summed E-state index contributed by atoms with van der Waals surface area (Å²) in [6, 6.07) is 25.1. The van der Waals surface area contributed by atoms with Crippen LogP contribution in [0.4, 0.5) is 13.2 Å². The first-order valence-corrected chi connectivity index (χ1v) is 12.2. The molecule has 0 heterocycles. The maximum absolute atomic E-state index is 11.8. The monoisotopic (exact) mass is 521 g/mol. The van der Waals surface area contributed by atoms with Crippen molar-refractivity contribution in [3.63, 3.8) is 0 Å². The molecule has 4 heteroatoms. The van der Waals surface area contributed by atoms with E-state index < -0.39 is 11.7 Å². The molecule has 1 unspecified atom stereocenters. The van der Waals surface area contributed by atoms with Gasteiger partial charge < -0.3 is 0 Å². The minimum absolute atomic E-state index is 0.551. The van der Waals surface area contributed by atoms with Crippen molar-refractivity contribution in [3.8, 4) is 11.1 Å². The van der Waals surface area contributed by atoms with Crippen LogP contribution in [-0.4, -0.2) is 4.21 Å². The molecule has 0 fully saturated rings. The fourth-order valence-corrected chi connectivity index (χ4v) is 3.57. The molecule has 0 aliphatic heterocycles. The van der Waals surface area contributed by atoms with E-state index in [2.05, 4.69) is 85.7 Å². The van der Waals surface area contributed by atoms with Crippen molar-refractivity contribution in [1.29, 1.82) is 0 Å². The summed E-state index contributed by atoms with van der Waals surface area (Å²) in [7, 11) is 0. The summed E-state index contributed by atoms with van der Waals surface area (Å²) in [6.45, 7) is 6.39. The third kappa shape index (κ3) is 7.89. The number of fused-ring (bicyclic) bond motifs is 3. The number of rotatable bonds is 0. The molecule has 170 valence electrons. The van der Waals surface area contributed by atoms with E-state index >= 15 is 0 Å². The van der Waals surface area contributed by atoms with Crippen molar-refractivity contribution >= 4 is 4.21 Å². The summed E-state index contributed by atoms with van der Waals surface area (Å²) in [6.07, 6.45) is 2.34. The second kappa shape index (κ2) is 12.8. The first-order valence-electron chi connectivity index (χ1n) is 10.5. The van der Waals surface area contributed by atoms with Crippen molar-refractivity contribution in [2.75, 3.05) is 0 Å². The van der Waals surface area contributed by atoms with E-state index in [1.54, 1.807) is 0 Å². The Balaban J connectivity index is 0.000000174. The van der Waals surface area contributed by atoms with Crippen LogP contribution in [0.25, 0.3) is 11.1 Å². The third-order valence-electron chi connectivity index (χ3n) is 5.20. The topological polar surface area (TPSA) is 0 Å². The van der Waals surface area contributed by atoms with Crippen molar-refractivity contribution in [3.05, 3.63) is 119 Å². The molecule has 0 nitrogen and oxygen atoms in total. The van der Waals surface area contributed by atoms with Gasteiger partial charge in [0.2, 0.25) is 0 Å². The van der Waals surface area contributed by atoms with Crippen LogP contribution in [-0.2, 0) is 36.8 Å². The fraction of sp³-hybridized carbons (Fsp3) is 0.207. The number of allylic oxidation sites excluding steroid dienone is 4. The van der Waals surface area contributed by atoms with Crippen LogP contribution < -0.4 is 0 Å². The average Bonchev–Trinajstić information content (AvgIpc) is 3.34. The Kier molecular flexibility index (Phi) is 10.4. The van der Waals surface area contributed by atoms with E-state index in [4.69, 9.17) is 0 Å². The minimum atomic E-state index is -4.23. The Labute approximate surface area is 210 Å². The van der Waals surface area contributed by atoms with Crippen molar-refractivity contribution in [2.45, 2.75) is 33.4 Å². The van der Waals surface area contributed by atoms with Gasteiger partial charge in [-0.25, -0.2) is 11.1 Å². The smallest absolute Gasteiger partial charge is 0.0253 e. The Bertz CT molecular complexity index is 1030. The number of halogens is 3. The second-order valence-electron chi connectivity index (χ2n) is 7.59. The van der Waals surface area contributed by atoms with Crippen molar-refractivity contribution in [2.24, 2.45) is 5.92 Å². The number of alkyl halides is 3. The predicted molar refractivity (Wildman–Crippen MR) is 126 cm³/mol. The third-order valence-corrected chi connectivity index (χ3v) is 5.20. The molecular formula is C29H26F3Zr-3. The molecule has 2 aliphatic rings. The van der Waals surface area contributed by atoms with Gasteiger partial charge in [-0.3, -0.25) is 6.08 Å². The zero-order chi connectivity index (χ0) is 24.4. The Hall–Kier alpha value is -2.32. The van der Waals surface area contributed by atoms with Gasteiger partial charge in [0, 0.05) is 0 Å². The molecule has 0 bridgehead atoms. The average molecular weight is 523 g/mol. The van der Waals surface area contributed by atoms with E-state index in [9.17, 15) is 13.2 Å². The van der Waals surface area contributed by atoms with Crippen LogP contribution in [0.15, 0.2) is 84.0 Å². The van der Waals surface area contributed by atoms with Crippen molar-refractivity contribution in [1.82, 2.24) is 0 Å². The van der Waals surface area contributed by atoms with Crippen LogP contribution in [0.5, 0.6) is 0 Å². The van der Waals surface area contributed by atoms with Gasteiger partial charge in [-0.1, -0.05) is 60.7 Å². The summed E-state index contributed by atoms with van der Waals surface area (Å²) in [4.78, 5) is 0. The molecule has 0 saturated carbocycles. The van der Waals surface area contributed by atoms with Gasteiger partial charge in [0.05, 0.1) is 0 Å². The van der Waals surface area contributed by atoms with Gasteiger partial charge in [-0.05, 0) is 6.42 Å². The SMILES string of the molecule is CC1=[C-]C(C)C=C1C.FC(F)(F)c1cc[c-]cc1.[CH2]=[Zr].[c-]1cccc2c1Cc1ccccc1-2. The van der Waals surface area contributed by atoms with Gasteiger partial charge in [-0.2, -0.15) is 79.4 Å². The maximum Gasteiger partial charge on any atom is -0.0253 e. The molecule has 3 aromatic rings. The molecule has 2 aliphatic carbocycles. The molecule has 0 N–H and O–H groups in total. The molecule has 0 saturated heterocycles. The zero-order valence-electron chi connectivity index (χ0n) is 19.1. The number of hydrogen-bond acceptors (Lipinski definition) is 0. The molecule has 0 radical (unpaired) electrons. The fourth-order valence-electron chi connectivity index (χ4n) is 3.57. The maximum atomic E-state index is 11.8. The summed E-state index contributed by atoms with van der Waals surface area (Å²) in [5.41, 5.74) is 7.58. The summed E-state index contributed by atoms with van der Waals surface area (Å²) < 4.78 is 38.7. The van der Waals surface area contributed by atoms with E-state index in [1.165, 1.54) is 69.8 Å². The molecule has 5 rings (SSSR count). The zero-order valence-corrected chi connectivity index (χ0v) is 21.5. The van der Waals surface area contributed by atoms with Crippen LogP contribution >= 0.6 is 0 Å². The second-order valence-corrected chi connectivity index (χ2v) is 7.59. The van der Waals surface area contributed by atoms with Gasteiger partial charge in [-0.15, -0.1) is 12.5 Å². The van der Waals surface area contributed by atoms with Crippen LogP contribution in [0.1, 0.15) is 37.5 Å². The quantitative estimate of drug-likeness (QED) is 0.206. The molecule has 0 aromatic heterocycles. The molecule has 3 aromatic carbocycles. The normalized spacial score (nSPS) is 15.1. The number of benzene rings is 3. The van der Waals surface area contributed by atoms with Crippen molar-refractivity contribution < 1.29 is 37.4 Å².